The minimum absolute atomic E-state index is 0.0434. The molecule has 148 valence electrons. The van der Waals surface area contributed by atoms with Crippen molar-refractivity contribution in [1.29, 1.82) is 0 Å². The predicted octanol–water partition coefficient (Wildman–Crippen LogP) is 4.78. The maximum absolute atomic E-state index is 12.6. The van der Waals surface area contributed by atoms with Gasteiger partial charge >= 0.3 is 0 Å². The quantitative estimate of drug-likeness (QED) is 0.742. The van der Waals surface area contributed by atoms with Crippen LogP contribution in [-0.4, -0.2) is 35.8 Å². The summed E-state index contributed by atoms with van der Waals surface area (Å²) in [6.45, 7) is 7.79. The van der Waals surface area contributed by atoms with Crippen LogP contribution in [0.25, 0.3) is 0 Å². The van der Waals surface area contributed by atoms with Crippen molar-refractivity contribution in [1.82, 2.24) is 10.2 Å². The van der Waals surface area contributed by atoms with Crippen LogP contribution in [0, 0.1) is 0 Å². The molecule has 1 saturated heterocycles. The SMILES string of the molecule is CC(C)(C)c1ccc(C(=O)NC2CCN(C(=O)c3ccc(Br)cc3)CC2)cc1. The Labute approximate surface area is 175 Å². The molecule has 28 heavy (non-hydrogen) atoms. The fourth-order valence-electron chi connectivity index (χ4n) is 3.39. The van der Waals surface area contributed by atoms with Gasteiger partial charge in [-0.15, -0.1) is 0 Å². The fourth-order valence-corrected chi connectivity index (χ4v) is 3.66. The molecule has 2 amide bonds. The van der Waals surface area contributed by atoms with Crippen molar-refractivity contribution < 1.29 is 9.59 Å². The summed E-state index contributed by atoms with van der Waals surface area (Å²) in [7, 11) is 0. The van der Waals surface area contributed by atoms with Gasteiger partial charge in [-0.05, 0) is 60.2 Å². The van der Waals surface area contributed by atoms with Crippen LogP contribution in [0.5, 0.6) is 0 Å². The average molecular weight is 443 g/mol. The van der Waals surface area contributed by atoms with Crippen LogP contribution in [0.2, 0.25) is 0 Å². The van der Waals surface area contributed by atoms with E-state index in [4.69, 9.17) is 0 Å². The molecule has 3 rings (SSSR count). The molecule has 0 atom stereocenters. The van der Waals surface area contributed by atoms with E-state index in [1.54, 1.807) is 0 Å². The molecule has 1 aliphatic rings. The van der Waals surface area contributed by atoms with Gasteiger partial charge in [0.15, 0.2) is 0 Å². The van der Waals surface area contributed by atoms with Gasteiger partial charge in [-0.2, -0.15) is 0 Å². The van der Waals surface area contributed by atoms with Crippen LogP contribution in [0.3, 0.4) is 0 Å². The molecule has 1 aliphatic heterocycles. The number of carbonyl (C=O) groups excluding carboxylic acids is 2. The minimum atomic E-state index is -0.0434. The largest absolute Gasteiger partial charge is 0.349 e. The number of rotatable bonds is 3. The van der Waals surface area contributed by atoms with E-state index in [-0.39, 0.29) is 23.3 Å². The van der Waals surface area contributed by atoms with E-state index in [1.165, 1.54) is 5.56 Å². The third-order valence-electron chi connectivity index (χ3n) is 5.22. The average Bonchev–Trinajstić information content (AvgIpc) is 2.68. The lowest BCUT2D eigenvalue weighted by Gasteiger charge is -2.32. The second-order valence-electron chi connectivity index (χ2n) is 8.37. The molecule has 0 spiro atoms. The van der Waals surface area contributed by atoms with Crippen LogP contribution in [-0.2, 0) is 5.41 Å². The number of benzene rings is 2. The maximum atomic E-state index is 12.6. The lowest BCUT2D eigenvalue weighted by atomic mass is 9.86. The highest BCUT2D eigenvalue weighted by Gasteiger charge is 2.25. The molecular weight excluding hydrogens is 416 g/mol. The topological polar surface area (TPSA) is 49.4 Å². The molecule has 0 aromatic heterocycles. The smallest absolute Gasteiger partial charge is 0.253 e. The van der Waals surface area contributed by atoms with Crippen LogP contribution in [0.4, 0.5) is 0 Å². The number of amides is 2. The first-order chi connectivity index (χ1) is 13.2. The minimum Gasteiger partial charge on any atom is -0.349 e. The summed E-state index contributed by atoms with van der Waals surface area (Å²) in [5, 5.41) is 3.12. The van der Waals surface area contributed by atoms with Crippen LogP contribution in [0.15, 0.2) is 53.0 Å². The lowest BCUT2D eigenvalue weighted by molar-refractivity contribution is 0.0698. The normalized spacial score (nSPS) is 15.4. The highest BCUT2D eigenvalue weighted by atomic mass is 79.9. The Hall–Kier alpha value is -2.14. The molecule has 4 nitrogen and oxygen atoms in total. The number of nitrogens with zero attached hydrogens (tertiary/aromatic N) is 1. The zero-order valence-electron chi connectivity index (χ0n) is 16.7. The van der Waals surface area contributed by atoms with Gasteiger partial charge in [0.05, 0.1) is 0 Å². The summed E-state index contributed by atoms with van der Waals surface area (Å²) < 4.78 is 0.959. The van der Waals surface area contributed by atoms with Gasteiger partial charge < -0.3 is 10.2 Å². The molecule has 2 aromatic carbocycles. The Morgan fingerprint density at radius 1 is 0.929 bits per heavy atom. The molecule has 2 aromatic rings. The van der Waals surface area contributed by atoms with Crippen molar-refractivity contribution in [3.63, 3.8) is 0 Å². The maximum Gasteiger partial charge on any atom is 0.253 e. The van der Waals surface area contributed by atoms with E-state index in [9.17, 15) is 9.59 Å². The van der Waals surface area contributed by atoms with Gasteiger partial charge in [-0.25, -0.2) is 0 Å². The molecule has 0 unspecified atom stereocenters. The van der Waals surface area contributed by atoms with Gasteiger partial charge in [-0.3, -0.25) is 9.59 Å². The first-order valence-corrected chi connectivity index (χ1v) is 10.5. The zero-order valence-corrected chi connectivity index (χ0v) is 18.3. The molecule has 5 heteroatoms. The molecular formula is C23H27BrN2O2. The fraction of sp³-hybridized carbons (Fsp3) is 0.391. The van der Waals surface area contributed by atoms with Gasteiger partial charge in [0.2, 0.25) is 0 Å². The molecule has 0 saturated carbocycles. The number of likely N-dealkylation sites (tertiary alicyclic amines) is 1. The first kappa shape index (κ1) is 20.6. The third-order valence-corrected chi connectivity index (χ3v) is 5.75. The highest BCUT2D eigenvalue weighted by molar-refractivity contribution is 9.10. The van der Waals surface area contributed by atoms with Crippen LogP contribution in [0.1, 0.15) is 59.9 Å². The Bertz CT molecular complexity index is 830. The van der Waals surface area contributed by atoms with Gasteiger partial charge in [0.1, 0.15) is 0 Å². The van der Waals surface area contributed by atoms with Crippen molar-refractivity contribution >= 4 is 27.7 Å². The van der Waals surface area contributed by atoms with Crippen molar-refractivity contribution in [3.05, 3.63) is 69.7 Å². The van der Waals surface area contributed by atoms with Crippen molar-refractivity contribution in [2.75, 3.05) is 13.1 Å². The van der Waals surface area contributed by atoms with Crippen LogP contribution >= 0.6 is 15.9 Å². The van der Waals surface area contributed by atoms with E-state index in [0.29, 0.717) is 24.2 Å². The summed E-state index contributed by atoms with van der Waals surface area (Å²) in [6, 6.07) is 15.4. The van der Waals surface area contributed by atoms with Gasteiger partial charge in [0.25, 0.3) is 11.8 Å². The summed E-state index contributed by atoms with van der Waals surface area (Å²) >= 11 is 3.39. The van der Waals surface area contributed by atoms with Crippen molar-refractivity contribution in [2.45, 2.75) is 45.1 Å². The molecule has 0 radical (unpaired) electrons. The third kappa shape index (κ3) is 5.02. The predicted molar refractivity (Wildman–Crippen MR) is 116 cm³/mol. The Balaban J connectivity index is 1.53. The summed E-state index contributed by atoms with van der Waals surface area (Å²) in [5.41, 5.74) is 2.67. The van der Waals surface area contributed by atoms with Crippen molar-refractivity contribution in [3.8, 4) is 0 Å². The number of carbonyl (C=O) groups is 2. The highest BCUT2D eigenvalue weighted by Crippen LogP contribution is 2.22. The van der Waals surface area contributed by atoms with E-state index >= 15 is 0 Å². The van der Waals surface area contributed by atoms with Crippen LogP contribution < -0.4 is 5.32 Å². The Kier molecular flexibility index (Phi) is 6.23. The Morgan fingerprint density at radius 2 is 1.46 bits per heavy atom. The molecule has 0 bridgehead atoms. The second kappa shape index (κ2) is 8.48. The van der Waals surface area contributed by atoms with Gasteiger partial charge in [-0.1, -0.05) is 48.8 Å². The first-order valence-electron chi connectivity index (χ1n) is 9.70. The molecule has 1 N–H and O–H groups in total. The van der Waals surface area contributed by atoms with E-state index in [2.05, 4.69) is 42.0 Å². The second-order valence-corrected chi connectivity index (χ2v) is 9.29. The number of hydrogen-bond donors (Lipinski definition) is 1. The van der Waals surface area contributed by atoms with E-state index in [0.717, 1.165) is 17.3 Å². The molecule has 1 heterocycles. The number of piperidine rings is 1. The number of halogens is 1. The Morgan fingerprint density at radius 3 is 2.00 bits per heavy atom. The molecule has 0 aliphatic carbocycles. The summed E-state index contributed by atoms with van der Waals surface area (Å²) in [4.78, 5) is 27.0. The number of nitrogens with one attached hydrogen (secondary N) is 1. The van der Waals surface area contributed by atoms with E-state index in [1.807, 2.05) is 53.4 Å². The lowest BCUT2D eigenvalue weighted by Crippen LogP contribution is -2.46. The number of hydrogen-bond acceptors (Lipinski definition) is 2. The van der Waals surface area contributed by atoms with E-state index < -0.39 is 0 Å². The standard InChI is InChI=1S/C23H27BrN2O2/c1-23(2,3)18-8-4-16(5-9-18)21(27)25-20-12-14-26(15-13-20)22(28)17-6-10-19(24)11-7-17/h4-11,20H,12-15H2,1-3H3,(H,25,27). The van der Waals surface area contributed by atoms with Crippen molar-refractivity contribution in [2.24, 2.45) is 0 Å². The molecule has 1 fully saturated rings. The van der Waals surface area contributed by atoms with Gasteiger partial charge in [0, 0.05) is 34.7 Å². The zero-order chi connectivity index (χ0) is 20.3. The monoisotopic (exact) mass is 442 g/mol. The summed E-state index contributed by atoms with van der Waals surface area (Å²) in [6.07, 6.45) is 1.54. The summed E-state index contributed by atoms with van der Waals surface area (Å²) in [5.74, 6) is 0.00758.